The quantitative estimate of drug-likeness (QED) is 0.888. The zero-order valence-electron chi connectivity index (χ0n) is 11.5. The van der Waals surface area contributed by atoms with Crippen LogP contribution in [-0.2, 0) is 0 Å². The van der Waals surface area contributed by atoms with E-state index in [4.69, 9.17) is 5.11 Å². The fourth-order valence-corrected chi connectivity index (χ4v) is 2.50. The SMILES string of the molecule is Cc1cccc(C(=O)N2CCCN(CCO)CC2)c1. The fourth-order valence-electron chi connectivity index (χ4n) is 2.50. The van der Waals surface area contributed by atoms with Crippen LogP contribution in [0.3, 0.4) is 0 Å². The maximum atomic E-state index is 12.4. The molecule has 4 heteroatoms. The molecule has 0 atom stereocenters. The Balaban J connectivity index is 2.00. The Labute approximate surface area is 114 Å². The van der Waals surface area contributed by atoms with Crippen molar-refractivity contribution >= 4 is 5.91 Å². The molecule has 1 aromatic carbocycles. The van der Waals surface area contributed by atoms with E-state index in [1.54, 1.807) is 0 Å². The number of carbonyl (C=O) groups is 1. The third-order valence-corrected chi connectivity index (χ3v) is 3.56. The summed E-state index contributed by atoms with van der Waals surface area (Å²) < 4.78 is 0. The van der Waals surface area contributed by atoms with Gasteiger partial charge in [0, 0.05) is 31.7 Å². The first-order valence-electron chi connectivity index (χ1n) is 6.90. The van der Waals surface area contributed by atoms with Crippen molar-refractivity contribution in [1.82, 2.24) is 9.80 Å². The van der Waals surface area contributed by atoms with E-state index in [-0.39, 0.29) is 12.5 Å². The van der Waals surface area contributed by atoms with Crippen molar-refractivity contribution in [3.05, 3.63) is 35.4 Å². The Morgan fingerprint density at radius 2 is 2.11 bits per heavy atom. The molecule has 19 heavy (non-hydrogen) atoms. The zero-order chi connectivity index (χ0) is 13.7. The molecular weight excluding hydrogens is 240 g/mol. The highest BCUT2D eigenvalue weighted by Gasteiger charge is 2.19. The highest BCUT2D eigenvalue weighted by atomic mass is 16.3. The molecule has 0 saturated carbocycles. The van der Waals surface area contributed by atoms with E-state index < -0.39 is 0 Å². The van der Waals surface area contributed by atoms with Crippen LogP contribution >= 0.6 is 0 Å². The van der Waals surface area contributed by atoms with Gasteiger partial charge in [-0.2, -0.15) is 0 Å². The van der Waals surface area contributed by atoms with Gasteiger partial charge in [0.15, 0.2) is 0 Å². The summed E-state index contributed by atoms with van der Waals surface area (Å²) in [5.74, 6) is 0.120. The fraction of sp³-hybridized carbons (Fsp3) is 0.533. The van der Waals surface area contributed by atoms with Crippen molar-refractivity contribution in [2.24, 2.45) is 0 Å². The number of aliphatic hydroxyl groups excluding tert-OH is 1. The molecule has 0 radical (unpaired) electrons. The van der Waals surface area contributed by atoms with Gasteiger partial charge in [-0.25, -0.2) is 0 Å². The molecule has 1 heterocycles. The number of benzene rings is 1. The summed E-state index contributed by atoms with van der Waals surface area (Å²) in [7, 11) is 0. The number of aryl methyl sites for hydroxylation is 1. The molecule has 1 aliphatic rings. The lowest BCUT2D eigenvalue weighted by atomic mass is 10.1. The number of hydrogen-bond acceptors (Lipinski definition) is 3. The molecule has 0 bridgehead atoms. The highest BCUT2D eigenvalue weighted by molar-refractivity contribution is 5.94. The number of rotatable bonds is 3. The molecule has 1 saturated heterocycles. The Hall–Kier alpha value is -1.39. The standard InChI is InChI=1S/C15H22N2O2/c1-13-4-2-5-14(12-13)15(19)17-7-3-6-16(8-9-17)10-11-18/h2,4-5,12,18H,3,6-11H2,1H3. The number of hydrogen-bond donors (Lipinski definition) is 1. The molecule has 1 amide bonds. The first-order valence-corrected chi connectivity index (χ1v) is 6.90. The van der Waals surface area contributed by atoms with Gasteiger partial charge in [-0.15, -0.1) is 0 Å². The Kier molecular flexibility index (Phi) is 4.93. The summed E-state index contributed by atoms with van der Waals surface area (Å²) in [6.07, 6.45) is 0.970. The van der Waals surface area contributed by atoms with Crippen molar-refractivity contribution < 1.29 is 9.90 Å². The minimum absolute atomic E-state index is 0.120. The molecule has 104 valence electrons. The van der Waals surface area contributed by atoms with E-state index in [1.165, 1.54) is 0 Å². The second-order valence-electron chi connectivity index (χ2n) is 5.08. The van der Waals surface area contributed by atoms with Crippen LogP contribution < -0.4 is 0 Å². The summed E-state index contributed by atoms with van der Waals surface area (Å²) in [5, 5.41) is 8.97. The van der Waals surface area contributed by atoms with E-state index in [2.05, 4.69) is 4.90 Å². The smallest absolute Gasteiger partial charge is 0.253 e. The third kappa shape index (κ3) is 3.78. The van der Waals surface area contributed by atoms with Gasteiger partial charge in [0.25, 0.3) is 5.91 Å². The minimum atomic E-state index is 0.120. The lowest BCUT2D eigenvalue weighted by molar-refractivity contribution is 0.0760. The van der Waals surface area contributed by atoms with Crippen LogP contribution in [0.25, 0.3) is 0 Å². The third-order valence-electron chi connectivity index (χ3n) is 3.56. The van der Waals surface area contributed by atoms with Gasteiger partial charge in [0.1, 0.15) is 0 Å². The molecule has 1 aromatic rings. The number of carbonyl (C=O) groups excluding carboxylic acids is 1. The molecule has 4 nitrogen and oxygen atoms in total. The van der Waals surface area contributed by atoms with Gasteiger partial charge >= 0.3 is 0 Å². The van der Waals surface area contributed by atoms with Gasteiger partial charge in [-0.05, 0) is 32.0 Å². The lowest BCUT2D eigenvalue weighted by Gasteiger charge is -2.21. The first-order chi connectivity index (χ1) is 9.20. The van der Waals surface area contributed by atoms with Crippen molar-refractivity contribution in [1.29, 1.82) is 0 Å². The molecule has 0 unspecified atom stereocenters. The monoisotopic (exact) mass is 262 g/mol. The van der Waals surface area contributed by atoms with Crippen LogP contribution in [0.5, 0.6) is 0 Å². The van der Waals surface area contributed by atoms with Gasteiger partial charge in [-0.3, -0.25) is 9.69 Å². The van der Waals surface area contributed by atoms with E-state index in [1.807, 2.05) is 36.1 Å². The van der Waals surface area contributed by atoms with E-state index in [9.17, 15) is 4.79 Å². The van der Waals surface area contributed by atoms with Crippen molar-refractivity contribution in [2.75, 3.05) is 39.3 Å². The average molecular weight is 262 g/mol. The van der Waals surface area contributed by atoms with Crippen LogP contribution in [0.2, 0.25) is 0 Å². The number of β-amino-alcohol motifs (C(OH)–C–C–N with tert-alkyl or cyclic N) is 1. The summed E-state index contributed by atoms with van der Waals surface area (Å²) in [6, 6.07) is 7.76. The van der Waals surface area contributed by atoms with Gasteiger partial charge in [0.2, 0.25) is 0 Å². The second-order valence-corrected chi connectivity index (χ2v) is 5.08. The van der Waals surface area contributed by atoms with Crippen molar-refractivity contribution in [3.63, 3.8) is 0 Å². The van der Waals surface area contributed by atoms with E-state index in [0.717, 1.165) is 43.7 Å². The predicted octanol–water partition coefficient (Wildman–Crippen LogP) is 1.14. The molecule has 1 aliphatic heterocycles. The predicted molar refractivity (Wildman–Crippen MR) is 75.2 cm³/mol. The molecular formula is C15H22N2O2. The molecule has 1 fully saturated rings. The van der Waals surface area contributed by atoms with Gasteiger partial charge in [0.05, 0.1) is 6.61 Å². The number of amides is 1. The molecule has 0 aromatic heterocycles. The normalized spacial score (nSPS) is 17.3. The Bertz CT molecular complexity index is 434. The van der Waals surface area contributed by atoms with E-state index >= 15 is 0 Å². The average Bonchev–Trinajstić information content (AvgIpc) is 2.64. The first kappa shape index (κ1) is 14.0. The van der Waals surface area contributed by atoms with Crippen LogP contribution in [0.15, 0.2) is 24.3 Å². The van der Waals surface area contributed by atoms with Crippen LogP contribution in [0, 0.1) is 6.92 Å². The zero-order valence-corrected chi connectivity index (χ0v) is 11.5. The van der Waals surface area contributed by atoms with Crippen LogP contribution in [0.1, 0.15) is 22.3 Å². The van der Waals surface area contributed by atoms with Crippen LogP contribution in [-0.4, -0.2) is 60.1 Å². The van der Waals surface area contributed by atoms with Gasteiger partial charge in [-0.1, -0.05) is 17.7 Å². The number of aliphatic hydroxyl groups is 1. The maximum absolute atomic E-state index is 12.4. The van der Waals surface area contributed by atoms with E-state index in [0.29, 0.717) is 6.54 Å². The molecule has 1 N–H and O–H groups in total. The summed E-state index contributed by atoms with van der Waals surface area (Å²) in [4.78, 5) is 16.6. The molecule has 0 spiro atoms. The highest BCUT2D eigenvalue weighted by Crippen LogP contribution is 2.10. The lowest BCUT2D eigenvalue weighted by Crippen LogP contribution is -2.35. The van der Waals surface area contributed by atoms with Crippen LogP contribution in [0.4, 0.5) is 0 Å². The Morgan fingerprint density at radius 1 is 1.26 bits per heavy atom. The Morgan fingerprint density at radius 3 is 2.84 bits per heavy atom. The van der Waals surface area contributed by atoms with Crippen molar-refractivity contribution in [2.45, 2.75) is 13.3 Å². The number of nitrogens with zero attached hydrogens (tertiary/aromatic N) is 2. The van der Waals surface area contributed by atoms with Crippen molar-refractivity contribution in [3.8, 4) is 0 Å². The largest absolute Gasteiger partial charge is 0.395 e. The summed E-state index contributed by atoms with van der Waals surface area (Å²) >= 11 is 0. The molecule has 0 aliphatic carbocycles. The summed E-state index contributed by atoms with van der Waals surface area (Å²) in [5.41, 5.74) is 1.89. The minimum Gasteiger partial charge on any atom is -0.395 e. The topological polar surface area (TPSA) is 43.8 Å². The van der Waals surface area contributed by atoms with Gasteiger partial charge < -0.3 is 10.0 Å². The molecule has 2 rings (SSSR count). The second kappa shape index (κ2) is 6.68. The maximum Gasteiger partial charge on any atom is 0.253 e. The summed E-state index contributed by atoms with van der Waals surface area (Å²) in [6.45, 7) is 6.23.